The standard InChI is InChI=1S/C24H28ClN5O2S/c1-5-30-22(21(15(2)3)27-23(32)17-11-7-8-12-18(17)25)28-29-24(30)33-14-20(31)26-19-13-9-6-10-16(19)4/h6-13,15,21H,5,14H2,1-4H3,(H,26,31)(H,27,32)/t21-/m1/s1. The van der Waals surface area contributed by atoms with Gasteiger partial charge in [-0.05, 0) is 43.5 Å². The van der Waals surface area contributed by atoms with Crippen molar-refractivity contribution in [2.75, 3.05) is 11.1 Å². The monoisotopic (exact) mass is 485 g/mol. The molecule has 0 saturated heterocycles. The van der Waals surface area contributed by atoms with E-state index < -0.39 is 0 Å². The minimum Gasteiger partial charge on any atom is -0.342 e. The van der Waals surface area contributed by atoms with Crippen LogP contribution in [0.25, 0.3) is 0 Å². The predicted molar refractivity (Wildman–Crippen MR) is 133 cm³/mol. The molecule has 0 saturated carbocycles. The summed E-state index contributed by atoms with van der Waals surface area (Å²) >= 11 is 7.51. The zero-order valence-corrected chi connectivity index (χ0v) is 20.7. The van der Waals surface area contributed by atoms with Gasteiger partial charge in [0.05, 0.1) is 22.4 Å². The molecule has 0 fully saturated rings. The molecule has 0 aliphatic rings. The van der Waals surface area contributed by atoms with Crippen LogP contribution >= 0.6 is 23.4 Å². The molecular weight excluding hydrogens is 458 g/mol. The third-order valence-corrected chi connectivity index (χ3v) is 6.46. The molecule has 1 atom stereocenters. The molecule has 33 heavy (non-hydrogen) atoms. The fraction of sp³-hybridized carbons (Fsp3) is 0.333. The van der Waals surface area contributed by atoms with E-state index in [2.05, 4.69) is 20.8 Å². The molecular formula is C24H28ClN5O2S. The summed E-state index contributed by atoms with van der Waals surface area (Å²) in [5.41, 5.74) is 2.21. The lowest BCUT2D eigenvalue weighted by atomic mass is 10.0. The zero-order chi connectivity index (χ0) is 24.0. The number of hydrogen-bond acceptors (Lipinski definition) is 5. The number of hydrogen-bond donors (Lipinski definition) is 2. The van der Waals surface area contributed by atoms with E-state index in [-0.39, 0.29) is 29.5 Å². The lowest BCUT2D eigenvalue weighted by molar-refractivity contribution is -0.113. The smallest absolute Gasteiger partial charge is 0.253 e. The van der Waals surface area contributed by atoms with Crippen LogP contribution < -0.4 is 10.6 Å². The van der Waals surface area contributed by atoms with Crippen LogP contribution in [0.3, 0.4) is 0 Å². The lowest BCUT2D eigenvalue weighted by Gasteiger charge is -2.22. The third kappa shape index (κ3) is 6.15. The van der Waals surface area contributed by atoms with Crippen molar-refractivity contribution in [2.24, 2.45) is 5.92 Å². The molecule has 0 aliphatic heterocycles. The first-order chi connectivity index (χ1) is 15.8. The first kappa shape index (κ1) is 24.8. The Bertz CT molecular complexity index is 1130. The summed E-state index contributed by atoms with van der Waals surface area (Å²) in [5, 5.41) is 15.7. The SMILES string of the molecule is CCn1c(SCC(=O)Nc2ccccc2C)nnc1[C@H](NC(=O)c1ccccc1Cl)C(C)C. The van der Waals surface area contributed by atoms with Gasteiger partial charge in [-0.25, -0.2) is 0 Å². The van der Waals surface area contributed by atoms with E-state index >= 15 is 0 Å². The number of nitrogens with zero attached hydrogens (tertiary/aromatic N) is 3. The summed E-state index contributed by atoms with van der Waals surface area (Å²) in [4.78, 5) is 25.3. The van der Waals surface area contributed by atoms with E-state index in [1.807, 2.05) is 56.5 Å². The maximum atomic E-state index is 12.9. The van der Waals surface area contributed by atoms with E-state index in [0.29, 0.717) is 28.1 Å². The summed E-state index contributed by atoms with van der Waals surface area (Å²) in [6.45, 7) is 8.56. The van der Waals surface area contributed by atoms with Gasteiger partial charge in [-0.15, -0.1) is 10.2 Å². The van der Waals surface area contributed by atoms with Crippen LogP contribution in [0.15, 0.2) is 53.7 Å². The van der Waals surface area contributed by atoms with Crippen molar-refractivity contribution in [1.29, 1.82) is 0 Å². The molecule has 0 unspecified atom stereocenters. The van der Waals surface area contributed by atoms with E-state index in [9.17, 15) is 9.59 Å². The Kier molecular flexibility index (Phi) is 8.52. The van der Waals surface area contributed by atoms with Gasteiger partial charge in [0.15, 0.2) is 11.0 Å². The fourth-order valence-corrected chi connectivity index (χ4v) is 4.39. The van der Waals surface area contributed by atoms with Crippen LogP contribution in [0.4, 0.5) is 5.69 Å². The highest BCUT2D eigenvalue weighted by Gasteiger charge is 2.26. The van der Waals surface area contributed by atoms with Crippen molar-refractivity contribution < 1.29 is 9.59 Å². The molecule has 1 aromatic heterocycles. The molecule has 0 aliphatic carbocycles. The summed E-state index contributed by atoms with van der Waals surface area (Å²) in [5.74, 6) is 0.527. The number of nitrogens with one attached hydrogen (secondary N) is 2. The highest BCUT2D eigenvalue weighted by atomic mass is 35.5. The maximum absolute atomic E-state index is 12.9. The second kappa shape index (κ2) is 11.3. The van der Waals surface area contributed by atoms with Gasteiger partial charge in [0, 0.05) is 12.2 Å². The number of aryl methyl sites for hydroxylation is 1. The topological polar surface area (TPSA) is 88.9 Å². The Morgan fingerprint density at radius 1 is 1.09 bits per heavy atom. The first-order valence-electron chi connectivity index (χ1n) is 10.8. The molecule has 7 nitrogen and oxygen atoms in total. The van der Waals surface area contributed by atoms with Crippen LogP contribution in [0.1, 0.15) is 48.6 Å². The molecule has 174 valence electrons. The zero-order valence-electron chi connectivity index (χ0n) is 19.1. The molecule has 0 spiro atoms. The molecule has 2 aromatic carbocycles. The molecule has 3 aromatic rings. The lowest BCUT2D eigenvalue weighted by Crippen LogP contribution is -2.34. The van der Waals surface area contributed by atoms with Gasteiger partial charge in [0.2, 0.25) is 5.91 Å². The van der Waals surface area contributed by atoms with Crippen LogP contribution in [0.5, 0.6) is 0 Å². The van der Waals surface area contributed by atoms with Gasteiger partial charge in [0.1, 0.15) is 0 Å². The van der Waals surface area contributed by atoms with Gasteiger partial charge in [-0.3, -0.25) is 9.59 Å². The van der Waals surface area contributed by atoms with Gasteiger partial charge in [-0.1, -0.05) is 67.5 Å². The summed E-state index contributed by atoms with van der Waals surface area (Å²) < 4.78 is 1.93. The first-order valence-corrected chi connectivity index (χ1v) is 12.1. The minimum atomic E-state index is -0.364. The molecule has 2 N–H and O–H groups in total. The van der Waals surface area contributed by atoms with Crippen molar-refractivity contribution in [3.8, 4) is 0 Å². The number of thioether (sulfide) groups is 1. The average molecular weight is 486 g/mol. The highest BCUT2D eigenvalue weighted by Crippen LogP contribution is 2.26. The number of anilines is 1. The molecule has 0 radical (unpaired) electrons. The van der Waals surface area contributed by atoms with E-state index in [1.54, 1.807) is 24.3 Å². The number of aromatic nitrogens is 3. The molecule has 1 heterocycles. The highest BCUT2D eigenvalue weighted by molar-refractivity contribution is 7.99. The van der Waals surface area contributed by atoms with Crippen molar-refractivity contribution in [3.05, 3.63) is 70.5 Å². The molecule has 0 bridgehead atoms. The van der Waals surface area contributed by atoms with Crippen molar-refractivity contribution in [3.63, 3.8) is 0 Å². The van der Waals surface area contributed by atoms with Gasteiger partial charge >= 0.3 is 0 Å². The Morgan fingerprint density at radius 2 is 1.79 bits per heavy atom. The average Bonchev–Trinajstić information content (AvgIpc) is 3.20. The van der Waals surface area contributed by atoms with E-state index in [1.165, 1.54) is 11.8 Å². The molecule has 3 rings (SSSR count). The van der Waals surface area contributed by atoms with Crippen molar-refractivity contribution in [1.82, 2.24) is 20.1 Å². The van der Waals surface area contributed by atoms with Gasteiger partial charge in [0.25, 0.3) is 5.91 Å². The summed E-state index contributed by atoms with van der Waals surface area (Å²) in [7, 11) is 0. The number of carbonyl (C=O) groups is 2. The van der Waals surface area contributed by atoms with Crippen LogP contribution in [0, 0.1) is 12.8 Å². The summed E-state index contributed by atoms with van der Waals surface area (Å²) in [6, 6.07) is 14.2. The number of amides is 2. The largest absolute Gasteiger partial charge is 0.342 e. The molecule has 9 heteroatoms. The van der Waals surface area contributed by atoms with E-state index in [4.69, 9.17) is 11.6 Å². The molecule has 2 amide bonds. The van der Waals surface area contributed by atoms with E-state index in [0.717, 1.165) is 11.3 Å². The number of rotatable bonds is 9. The second-order valence-electron chi connectivity index (χ2n) is 7.91. The number of halogens is 1. The predicted octanol–water partition coefficient (Wildman–Crippen LogP) is 5.12. The number of benzene rings is 2. The Morgan fingerprint density at radius 3 is 2.45 bits per heavy atom. The number of para-hydroxylation sites is 1. The fourth-order valence-electron chi connectivity index (χ4n) is 3.36. The van der Waals surface area contributed by atoms with Crippen LogP contribution in [0.2, 0.25) is 5.02 Å². The van der Waals surface area contributed by atoms with Crippen LogP contribution in [-0.2, 0) is 11.3 Å². The Hall–Kier alpha value is -2.84. The Balaban J connectivity index is 1.73. The quantitative estimate of drug-likeness (QED) is 0.411. The van der Waals surface area contributed by atoms with Gasteiger partial charge < -0.3 is 15.2 Å². The van der Waals surface area contributed by atoms with Gasteiger partial charge in [-0.2, -0.15) is 0 Å². The third-order valence-electron chi connectivity index (χ3n) is 5.16. The summed E-state index contributed by atoms with van der Waals surface area (Å²) in [6.07, 6.45) is 0. The Labute approximate surface area is 203 Å². The number of carbonyl (C=O) groups excluding carboxylic acids is 2. The van der Waals surface area contributed by atoms with Crippen molar-refractivity contribution in [2.45, 2.75) is 45.4 Å². The van der Waals surface area contributed by atoms with Crippen LogP contribution in [-0.4, -0.2) is 32.3 Å². The normalized spacial score (nSPS) is 11.9. The maximum Gasteiger partial charge on any atom is 0.253 e. The second-order valence-corrected chi connectivity index (χ2v) is 9.26. The minimum absolute atomic E-state index is 0.0631. The van der Waals surface area contributed by atoms with Crippen molar-refractivity contribution >= 4 is 40.9 Å².